The summed E-state index contributed by atoms with van der Waals surface area (Å²) in [5, 5.41) is 3.44. The number of nitrogens with two attached hydrogens (primary N) is 1. The van der Waals surface area contributed by atoms with Gasteiger partial charge in [-0.1, -0.05) is 52.4 Å². The van der Waals surface area contributed by atoms with Crippen molar-refractivity contribution in [2.75, 3.05) is 5.32 Å². The summed E-state index contributed by atoms with van der Waals surface area (Å²) < 4.78 is 1.08. The van der Waals surface area contributed by atoms with Gasteiger partial charge in [0.2, 0.25) is 0 Å². The van der Waals surface area contributed by atoms with Gasteiger partial charge in [-0.05, 0) is 36.8 Å². The number of thiocarbonyl (C=S) groups is 1. The van der Waals surface area contributed by atoms with Crippen molar-refractivity contribution in [3.63, 3.8) is 0 Å². The predicted octanol–water partition coefficient (Wildman–Crippen LogP) is 4.26. The molecule has 0 bridgehead atoms. The van der Waals surface area contributed by atoms with Crippen molar-refractivity contribution in [3.8, 4) is 0 Å². The molecule has 0 saturated carbocycles. The van der Waals surface area contributed by atoms with E-state index < -0.39 is 0 Å². The van der Waals surface area contributed by atoms with Gasteiger partial charge in [-0.25, -0.2) is 0 Å². The van der Waals surface area contributed by atoms with Crippen LogP contribution < -0.4 is 11.1 Å². The second kappa shape index (κ2) is 6.17. The number of para-hydroxylation sites is 1. The van der Waals surface area contributed by atoms with Crippen molar-refractivity contribution in [3.05, 3.63) is 64.1 Å². The van der Waals surface area contributed by atoms with Crippen molar-refractivity contribution >= 4 is 38.8 Å². The van der Waals surface area contributed by atoms with E-state index in [0.29, 0.717) is 4.99 Å². The van der Waals surface area contributed by atoms with Crippen molar-refractivity contribution in [1.82, 2.24) is 0 Å². The molecule has 2 nitrogen and oxygen atoms in total. The molecule has 0 spiro atoms. The first-order chi connectivity index (χ1) is 9.08. The first-order valence-corrected chi connectivity index (χ1v) is 7.19. The maximum absolute atomic E-state index is 5.73. The summed E-state index contributed by atoms with van der Waals surface area (Å²) in [4.78, 5) is 0.408. The third-order valence-corrected chi connectivity index (χ3v) is 3.68. The molecular weight excluding hydrogens is 320 g/mol. The van der Waals surface area contributed by atoms with E-state index in [9.17, 15) is 0 Å². The molecule has 0 saturated heterocycles. The molecule has 2 aromatic rings. The van der Waals surface area contributed by atoms with Crippen LogP contribution in [0.2, 0.25) is 0 Å². The molecule has 19 heavy (non-hydrogen) atoms. The maximum atomic E-state index is 5.73. The van der Waals surface area contributed by atoms with Gasteiger partial charge in [-0.2, -0.15) is 0 Å². The molecule has 0 amide bonds. The molecule has 98 valence electrons. The Morgan fingerprint density at radius 2 is 1.79 bits per heavy atom. The topological polar surface area (TPSA) is 38.0 Å². The van der Waals surface area contributed by atoms with Gasteiger partial charge in [0.1, 0.15) is 4.99 Å². The molecular formula is C15H15BrN2S. The summed E-state index contributed by atoms with van der Waals surface area (Å²) >= 11 is 8.51. The Hall–Kier alpha value is -1.39. The molecule has 0 aliphatic rings. The van der Waals surface area contributed by atoms with Crippen LogP contribution in [0.4, 0.5) is 5.69 Å². The van der Waals surface area contributed by atoms with Gasteiger partial charge < -0.3 is 11.1 Å². The average molecular weight is 335 g/mol. The third-order valence-electron chi connectivity index (χ3n) is 2.93. The highest BCUT2D eigenvalue weighted by Crippen LogP contribution is 2.23. The van der Waals surface area contributed by atoms with Crippen molar-refractivity contribution < 1.29 is 0 Å². The number of nitrogens with one attached hydrogen (secondary N) is 1. The number of hydrogen-bond donors (Lipinski definition) is 2. The number of benzene rings is 2. The molecule has 0 aliphatic heterocycles. The molecule has 4 heteroatoms. The third kappa shape index (κ3) is 3.55. The second-order valence-corrected chi connectivity index (χ2v) is 5.68. The normalized spacial score (nSPS) is 11.9. The molecule has 0 aromatic heterocycles. The van der Waals surface area contributed by atoms with Gasteiger partial charge in [0.05, 0.1) is 0 Å². The van der Waals surface area contributed by atoms with E-state index in [2.05, 4.69) is 40.3 Å². The number of rotatable bonds is 4. The Labute approximate surface area is 127 Å². The van der Waals surface area contributed by atoms with Gasteiger partial charge in [-0.15, -0.1) is 0 Å². The van der Waals surface area contributed by atoms with E-state index in [4.69, 9.17) is 18.0 Å². The Kier molecular flexibility index (Phi) is 4.56. The standard InChI is InChI=1S/C15H15BrN2S/c1-10(11-6-8-12(16)9-7-11)18-14-5-3-2-4-13(14)15(17)19/h2-10,18H,1H3,(H2,17,19). The van der Waals surface area contributed by atoms with E-state index in [-0.39, 0.29) is 6.04 Å². The molecule has 1 unspecified atom stereocenters. The fraction of sp³-hybridized carbons (Fsp3) is 0.133. The van der Waals surface area contributed by atoms with Crippen LogP contribution in [0.1, 0.15) is 24.1 Å². The lowest BCUT2D eigenvalue weighted by atomic mass is 10.1. The summed E-state index contributed by atoms with van der Waals surface area (Å²) in [6, 6.07) is 16.3. The van der Waals surface area contributed by atoms with Gasteiger partial charge in [-0.3, -0.25) is 0 Å². The summed E-state index contributed by atoms with van der Waals surface area (Å²) in [5.41, 5.74) is 8.78. The maximum Gasteiger partial charge on any atom is 0.106 e. The lowest BCUT2D eigenvalue weighted by molar-refractivity contribution is 0.884. The van der Waals surface area contributed by atoms with Gasteiger partial charge in [0.15, 0.2) is 0 Å². The Morgan fingerprint density at radius 3 is 2.42 bits per heavy atom. The molecule has 2 rings (SSSR count). The lowest BCUT2D eigenvalue weighted by Crippen LogP contribution is -2.15. The monoisotopic (exact) mass is 334 g/mol. The largest absolute Gasteiger partial charge is 0.389 e. The van der Waals surface area contributed by atoms with Crippen LogP contribution in [-0.2, 0) is 0 Å². The highest BCUT2D eigenvalue weighted by molar-refractivity contribution is 9.10. The first-order valence-electron chi connectivity index (χ1n) is 5.99. The van der Waals surface area contributed by atoms with Crippen molar-refractivity contribution in [2.24, 2.45) is 5.73 Å². The van der Waals surface area contributed by atoms with E-state index in [1.54, 1.807) is 0 Å². The number of hydrogen-bond acceptors (Lipinski definition) is 2. The molecule has 2 aromatic carbocycles. The summed E-state index contributed by atoms with van der Waals surface area (Å²) in [5.74, 6) is 0. The average Bonchev–Trinajstić information content (AvgIpc) is 2.39. The molecule has 0 fully saturated rings. The fourth-order valence-corrected chi connectivity index (χ4v) is 2.33. The minimum atomic E-state index is 0.184. The zero-order chi connectivity index (χ0) is 13.8. The van der Waals surface area contributed by atoms with Crippen LogP contribution in [0.15, 0.2) is 53.0 Å². The zero-order valence-electron chi connectivity index (χ0n) is 10.6. The predicted molar refractivity (Wildman–Crippen MR) is 88.5 cm³/mol. The second-order valence-electron chi connectivity index (χ2n) is 4.33. The smallest absolute Gasteiger partial charge is 0.106 e. The SMILES string of the molecule is CC(Nc1ccccc1C(N)=S)c1ccc(Br)cc1. The number of anilines is 1. The van der Waals surface area contributed by atoms with Crippen LogP contribution in [0.3, 0.4) is 0 Å². The molecule has 1 atom stereocenters. The molecule has 0 aliphatic carbocycles. The van der Waals surface area contributed by atoms with Crippen LogP contribution >= 0.6 is 28.1 Å². The quantitative estimate of drug-likeness (QED) is 0.820. The summed E-state index contributed by atoms with van der Waals surface area (Å²) in [6.45, 7) is 2.11. The Bertz CT molecular complexity index is 581. The molecule has 0 radical (unpaired) electrons. The minimum Gasteiger partial charge on any atom is -0.389 e. The Morgan fingerprint density at radius 1 is 1.16 bits per heavy atom. The van der Waals surface area contributed by atoms with Gasteiger partial charge in [0, 0.05) is 21.8 Å². The van der Waals surface area contributed by atoms with Crippen LogP contribution in [0.5, 0.6) is 0 Å². The first kappa shape index (κ1) is 14.0. The van der Waals surface area contributed by atoms with E-state index in [1.807, 2.05) is 36.4 Å². The lowest BCUT2D eigenvalue weighted by Gasteiger charge is -2.18. The van der Waals surface area contributed by atoms with Gasteiger partial charge >= 0.3 is 0 Å². The Balaban J connectivity index is 2.21. The van der Waals surface area contributed by atoms with E-state index in [1.165, 1.54) is 5.56 Å². The van der Waals surface area contributed by atoms with E-state index in [0.717, 1.165) is 15.7 Å². The van der Waals surface area contributed by atoms with Gasteiger partial charge in [0.25, 0.3) is 0 Å². The molecule has 0 heterocycles. The number of halogens is 1. The highest BCUT2D eigenvalue weighted by atomic mass is 79.9. The zero-order valence-corrected chi connectivity index (χ0v) is 13.0. The minimum absolute atomic E-state index is 0.184. The molecule has 3 N–H and O–H groups in total. The van der Waals surface area contributed by atoms with Crippen molar-refractivity contribution in [2.45, 2.75) is 13.0 Å². The summed E-state index contributed by atoms with van der Waals surface area (Å²) in [6.07, 6.45) is 0. The van der Waals surface area contributed by atoms with Crippen LogP contribution in [-0.4, -0.2) is 4.99 Å². The van der Waals surface area contributed by atoms with Crippen molar-refractivity contribution in [1.29, 1.82) is 0 Å². The van der Waals surface area contributed by atoms with Crippen LogP contribution in [0.25, 0.3) is 0 Å². The fourth-order valence-electron chi connectivity index (χ4n) is 1.89. The highest BCUT2D eigenvalue weighted by Gasteiger charge is 2.09. The van der Waals surface area contributed by atoms with Crippen LogP contribution in [0, 0.1) is 0 Å². The summed E-state index contributed by atoms with van der Waals surface area (Å²) in [7, 11) is 0. The van der Waals surface area contributed by atoms with E-state index >= 15 is 0 Å².